The molecular weight excluding hydrogens is 614 g/mol. The molecule has 5 rings (SSSR count). The van der Waals surface area contributed by atoms with E-state index in [0.717, 1.165) is 0 Å². The molecule has 0 spiro atoms. The van der Waals surface area contributed by atoms with Crippen LogP contribution in [0.15, 0.2) is 175 Å². The van der Waals surface area contributed by atoms with Gasteiger partial charge in [0.2, 0.25) is 0 Å². The van der Waals surface area contributed by atoms with E-state index in [1.165, 1.54) is 95.5 Å². The molecule has 0 nitrogen and oxygen atoms in total. The Hall–Kier alpha value is -3.56. The van der Waals surface area contributed by atoms with Crippen LogP contribution in [-0.4, -0.2) is 12.3 Å². The van der Waals surface area contributed by atoms with Gasteiger partial charge >= 0.3 is 294 Å². The summed E-state index contributed by atoms with van der Waals surface area (Å²) < 4.78 is 0. The molecule has 5 aromatic rings. The molecule has 48 heavy (non-hydrogen) atoms. The van der Waals surface area contributed by atoms with Crippen LogP contribution in [0.4, 0.5) is 0 Å². The Morgan fingerprint density at radius 1 is 0.396 bits per heavy atom. The Kier molecular flexibility index (Phi) is 14.0. The van der Waals surface area contributed by atoms with Crippen molar-refractivity contribution in [3.8, 4) is 0 Å². The summed E-state index contributed by atoms with van der Waals surface area (Å²) in [5, 5.41) is 9.19. The number of unbranched alkanes of at least 4 members (excludes halogenated alkanes) is 7. The van der Waals surface area contributed by atoms with Crippen molar-refractivity contribution >= 4 is 41.0 Å². The van der Waals surface area contributed by atoms with Gasteiger partial charge in [-0.2, -0.15) is 0 Å². The zero-order chi connectivity index (χ0) is 33.3. The van der Waals surface area contributed by atoms with Crippen molar-refractivity contribution in [3.63, 3.8) is 0 Å². The Morgan fingerprint density at radius 3 is 1.04 bits per heavy atom. The maximum atomic E-state index is 2.39. The summed E-state index contributed by atoms with van der Waals surface area (Å²) in [5.74, 6) is 0. The van der Waals surface area contributed by atoms with Gasteiger partial charge in [-0.3, -0.25) is 0 Å². The molecule has 250 valence electrons. The monoisotopic (exact) mass is 670 g/mol. The molecule has 0 saturated carbocycles. The topological polar surface area (TPSA) is 0 Å². The first-order valence-electron chi connectivity index (χ1n) is 18.3. The molecule has 0 aliphatic heterocycles. The summed E-state index contributed by atoms with van der Waals surface area (Å²) in [6, 6.07) is 57.0. The second kappa shape index (κ2) is 18.8. The van der Waals surface area contributed by atoms with Gasteiger partial charge in [0.15, 0.2) is 0 Å². The van der Waals surface area contributed by atoms with Crippen molar-refractivity contribution in [1.29, 1.82) is 0 Å². The average molecular weight is 671 g/mol. The predicted molar refractivity (Wildman–Crippen MR) is 222 cm³/mol. The summed E-state index contributed by atoms with van der Waals surface area (Å²) >= 11 is 0. The third-order valence-electron chi connectivity index (χ3n) is 10.3. The molecule has 0 fully saturated rings. The normalized spacial score (nSPS) is 13.1. The fourth-order valence-corrected chi connectivity index (χ4v) is 18.0. The van der Waals surface area contributed by atoms with Crippen molar-refractivity contribution < 1.29 is 0 Å². The summed E-state index contributed by atoms with van der Waals surface area (Å²) in [5.41, 5.74) is 0. The minimum absolute atomic E-state index is 1.26. The van der Waals surface area contributed by atoms with Crippen molar-refractivity contribution in [2.24, 2.45) is 0 Å². The predicted octanol–water partition coefficient (Wildman–Crippen LogP) is 10.7. The first kappa shape index (κ1) is 35.7. The van der Waals surface area contributed by atoms with E-state index in [0.29, 0.717) is 0 Å². The molecule has 2 heteroatoms. The first-order valence-corrected chi connectivity index (χ1v) is 22.7. The van der Waals surface area contributed by atoms with E-state index < -0.39 is 14.5 Å². The van der Waals surface area contributed by atoms with Crippen LogP contribution in [0.1, 0.15) is 65.2 Å². The number of allylic oxidation sites excluding steroid dienone is 4. The second-order valence-corrected chi connectivity index (χ2v) is 21.3. The minimum atomic E-state index is -2.11. The SMILES string of the molecule is C/C=C\C(=C/C)[PH](CCCCCCCCCC[PH](c1ccccc1)(c1ccccc1)c1ccccc1)(c1ccccc1)c1ccccc1. The fraction of sp³-hybridized carbons (Fsp3) is 0.261. The molecule has 0 unspecified atom stereocenters. The third kappa shape index (κ3) is 8.53. The van der Waals surface area contributed by atoms with E-state index in [1.807, 2.05) is 0 Å². The fourth-order valence-electron chi connectivity index (χ4n) is 7.98. The number of hydrogen-bond acceptors (Lipinski definition) is 0. The van der Waals surface area contributed by atoms with Crippen LogP contribution in [0, 0.1) is 0 Å². The Morgan fingerprint density at radius 2 is 0.708 bits per heavy atom. The van der Waals surface area contributed by atoms with Crippen LogP contribution >= 0.6 is 14.5 Å². The Labute approximate surface area is 292 Å². The van der Waals surface area contributed by atoms with Crippen molar-refractivity contribution in [1.82, 2.24) is 0 Å². The van der Waals surface area contributed by atoms with Gasteiger partial charge in [0, 0.05) is 0 Å². The van der Waals surface area contributed by atoms with Crippen LogP contribution in [-0.2, 0) is 0 Å². The first-order chi connectivity index (χ1) is 23.8. The van der Waals surface area contributed by atoms with Crippen molar-refractivity contribution in [2.45, 2.75) is 65.2 Å². The Balaban J connectivity index is 1.18. The Bertz CT molecular complexity index is 1520. The summed E-state index contributed by atoms with van der Waals surface area (Å²) in [4.78, 5) is 0. The van der Waals surface area contributed by atoms with Gasteiger partial charge in [0.1, 0.15) is 0 Å². The van der Waals surface area contributed by atoms with Crippen LogP contribution in [0.2, 0.25) is 0 Å². The number of rotatable bonds is 18. The summed E-state index contributed by atoms with van der Waals surface area (Å²) in [7, 11) is -4.22. The second-order valence-electron chi connectivity index (χ2n) is 13.2. The van der Waals surface area contributed by atoms with Crippen LogP contribution < -0.4 is 26.5 Å². The zero-order valence-electron chi connectivity index (χ0n) is 29.2. The summed E-state index contributed by atoms with van der Waals surface area (Å²) in [6.45, 7) is 4.39. The van der Waals surface area contributed by atoms with E-state index in [2.05, 4.69) is 184 Å². The standard InChI is InChI=1S/C46H56P2/c1-3-28-41(4-2)47(42-29-16-11-17-30-42,43-31-18-12-19-32-43)39-26-9-7-5-6-8-10-27-40-48(44-33-20-13-21-34-44,45-35-22-14-23-36-45)46-37-24-15-25-38-46/h3-4,11-25,28-38,47-48H,5-10,26-27,39-40H2,1-2H3/b28-3-,41-4+. The van der Waals surface area contributed by atoms with Gasteiger partial charge < -0.3 is 0 Å². The third-order valence-corrected chi connectivity index (χ3v) is 20.6. The molecule has 0 radical (unpaired) electrons. The van der Waals surface area contributed by atoms with E-state index >= 15 is 0 Å². The van der Waals surface area contributed by atoms with Crippen LogP contribution in [0.25, 0.3) is 0 Å². The van der Waals surface area contributed by atoms with Gasteiger partial charge in [0.05, 0.1) is 0 Å². The molecule has 5 aromatic carbocycles. The molecule has 0 heterocycles. The number of hydrogen-bond donors (Lipinski definition) is 0. The van der Waals surface area contributed by atoms with Gasteiger partial charge in [-0.05, 0) is 0 Å². The van der Waals surface area contributed by atoms with Gasteiger partial charge in [-0.15, -0.1) is 0 Å². The molecule has 0 saturated heterocycles. The molecule has 0 atom stereocenters. The summed E-state index contributed by atoms with van der Waals surface area (Å²) in [6.07, 6.45) is 20.1. The average Bonchev–Trinajstić information content (AvgIpc) is 3.17. The molecular formula is C46H56P2. The van der Waals surface area contributed by atoms with E-state index in [4.69, 9.17) is 0 Å². The van der Waals surface area contributed by atoms with Gasteiger partial charge in [0.25, 0.3) is 0 Å². The molecule has 0 amide bonds. The van der Waals surface area contributed by atoms with E-state index in [1.54, 1.807) is 0 Å². The molecule has 0 aliphatic rings. The quantitative estimate of drug-likeness (QED) is 0.0495. The molecule has 0 aromatic heterocycles. The van der Waals surface area contributed by atoms with Crippen LogP contribution in [0.3, 0.4) is 0 Å². The molecule has 0 bridgehead atoms. The van der Waals surface area contributed by atoms with Crippen molar-refractivity contribution in [2.75, 3.05) is 12.3 Å². The van der Waals surface area contributed by atoms with E-state index in [-0.39, 0.29) is 0 Å². The molecule has 0 aliphatic carbocycles. The van der Waals surface area contributed by atoms with Gasteiger partial charge in [-0.1, -0.05) is 0 Å². The number of benzene rings is 5. The van der Waals surface area contributed by atoms with Gasteiger partial charge in [-0.25, -0.2) is 0 Å². The zero-order valence-corrected chi connectivity index (χ0v) is 31.2. The molecule has 0 N–H and O–H groups in total. The van der Waals surface area contributed by atoms with Crippen molar-refractivity contribution in [3.05, 3.63) is 175 Å². The van der Waals surface area contributed by atoms with E-state index in [9.17, 15) is 0 Å². The maximum absolute atomic E-state index is 2.39. The van der Waals surface area contributed by atoms with Crippen LogP contribution in [0.5, 0.6) is 0 Å².